The number of carbonyl (C=O) groups excluding carboxylic acids is 2. The molecule has 104 valence electrons. The van der Waals surface area contributed by atoms with Gasteiger partial charge in [-0.15, -0.1) is 0 Å². The molecule has 3 heterocycles. The molecule has 0 saturated carbocycles. The van der Waals surface area contributed by atoms with E-state index in [4.69, 9.17) is 8.94 Å². The molecule has 1 atom stereocenters. The molecule has 20 heavy (non-hydrogen) atoms. The molecule has 0 unspecified atom stereocenters. The molecule has 2 aromatic rings. The molecular formula is C12H12N4O4. The van der Waals surface area contributed by atoms with Crippen molar-refractivity contribution in [3.8, 4) is 0 Å². The molecule has 1 aliphatic heterocycles. The van der Waals surface area contributed by atoms with Crippen molar-refractivity contribution >= 4 is 11.9 Å². The number of hydrogen-bond donors (Lipinski definition) is 1. The van der Waals surface area contributed by atoms with E-state index >= 15 is 0 Å². The Morgan fingerprint density at radius 3 is 2.85 bits per heavy atom. The number of carbonyl (C=O) groups is 2. The lowest BCUT2D eigenvalue weighted by atomic mass is 9.99. The van der Waals surface area contributed by atoms with Crippen molar-refractivity contribution in [2.24, 2.45) is 0 Å². The van der Waals surface area contributed by atoms with Gasteiger partial charge in [0.05, 0.1) is 6.26 Å². The average molecular weight is 276 g/mol. The van der Waals surface area contributed by atoms with Gasteiger partial charge in [-0.1, -0.05) is 5.16 Å². The van der Waals surface area contributed by atoms with Gasteiger partial charge >= 0.3 is 6.03 Å². The zero-order chi connectivity index (χ0) is 14.3. The predicted molar refractivity (Wildman–Crippen MR) is 64.2 cm³/mol. The topological polar surface area (TPSA) is 101 Å². The Balaban J connectivity index is 1.87. The number of aryl methyl sites for hydroxylation is 1. The van der Waals surface area contributed by atoms with Crippen LogP contribution >= 0.6 is 0 Å². The van der Waals surface area contributed by atoms with Crippen LogP contribution < -0.4 is 5.32 Å². The smallest absolute Gasteiger partial charge is 0.325 e. The number of imide groups is 1. The second-order valence-electron chi connectivity index (χ2n) is 4.66. The molecule has 0 aromatic carbocycles. The summed E-state index contributed by atoms with van der Waals surface area (Å²) < 4.78 is 10.2. The van der Waals surface area contributed by atoms with Crippen LogP contribution in [0.25, 0.3) is 0 Å². The number of urea groups is 1. The van der Waals surface area contributed by atoms with E-state index in [2.05, 4.69) is 15.5 Å². The number of aromatic nitrogens is 2. The summed E-state index contributed by atoms with van der Waals surface area (Å²) in [6.07, 6.45) is 1.45. The summed E-state index contributed by atoms with van der Waals surface area (Å²) in [5.74, 6) is 0.601. The van der Waals surface area contributed by atoms with Crippen LogP contribution in [0.5, 0.6) is 0 Å². The SMILES string of the molecule is Cc1noc(CN2C(=O)N[C@@](C)(c3ccco3)C2=O)n1. The number of amides is 3. The third-order valence-corrected chi connectivity index (χ3v) is 3.15. The van der Waals surface area contributed by atoms with Gasteiger partial charge in [0, 0.05) is 0 Å². The van der Waals surface area contributed by atoms with Gasteiger partial charge in [0.25, 0.3) is 5.91 Å². The molecule has 1 N–H and O–H groups in total. The molecule has 3 rings (SSSR count). The van der Waals surface area contributed by atoms with Gasteiger partial charge in [-0.25, -0.2) is 4.79 Å². The number of furan rings is 1. The van der Waals surface area contributed by atoms with Crippen LogP contribution in [0.2, 0.25) is 0 Å². The lowest BCUT2D eigenvalue weighted by Gasteiger charge is -2.18. The molecule has 8 nitrogen and oxygen atoms in total. The van der Waals surface area contributed by atoms with E-state index in [0.29, 0.717) is 11.6 Å². The van der Waals surface area contributed by atoms with Crippen molar-refractivity contribution < 1.29 is 18.5 Å². The minimum Gasteiger partial charge on any atom is -0.466 e. The highest BCUT2D eigenvalue weighted by Crippen LogP contribution is 2.29. The maximum atomic E-state index is 12.4. The van der Waals surface area contributed by atoms with Gasteiger partial charge in [0.1, 0.15) is 12.3 Å². The van der Waals surface area contributed by atoms with Gasteiger partial charge in [0.15, 0.2) is 11.4 Å². The van der Waals surface area contributed by atoms with Crippen molar-refractivity contribution in [1.29, 1.82) is 0 Å². The van der Waals surface area contributed by atoms with Gasteiger partial charge in [-0.05, 0) is 26.0 Å². The predicted octanol–water partition coefficient (Wildman–Crippen LogP) is 0.938. The van der Waals surface area contributed by atoms with Crippen LogP contribution in [0.1, 0.15) is 24.4 Å². The molecule has 0 spiro atoms. The number of hydrogen-bond acceptors (Lipinski definition) is 6. The van der Waals surface area contributed by atoms with Gasteiger partial charge in [-0.3, -0.25) is 9.69 Å². The highest BCUT2D eigenvalue weighted by Gasteiger charge is 2.51. The van der Waals surface area contributed by atoms with E-state index in [1.165, 1.54) is 6.26 Å². The molecule has 1 aliphatic rings. The molecule has 1 saturated heterocycles. The Labute approximate surface area is 113 Å². The maximum Gasteiger partial charge on any atom is 0.325 e. The highest BCUT2D eigenvalue weighted by atomic mass is 16.5. The maximum absolute atomic E-state index is 12.4. The largest absolute Gasteiger partial charge is 0.466 e. The molecule has 2 aromatic heterocycles. The fraction of sp³-hybridized carbons (Fsp3) is 0.333. The third kappa shape index (κ3) is 1.77. The fourth-order valence-corrected chi connectivity index (χ4v) is 2.11. The van der Waals surface area contributed by atoms with E-state index in [1.807, 2.05) is 0 Å². The first-order chi connectivity index (χ1) is 9.50. The molecular weight excluding hydrogens is 264 g/mol. The average Bonchev–Trinajstić information content (AvgIpc) is 3.09. The van der Waals surface area contributed by atoms with Crippen LogP contribution in [0.3, 0.4) is 0 Å². The third-order valence-electron chi connectivity index (χ3n) is 3.15. The highest BCUT2D eigenvalue weighted by molar-refractivity contribution is 6.06. The molecule has 1 fully saturated rings. The number of rotatable bonds is 3. The van der Waals surface area contributed by atoms with Crippen molar-refractivity contribution in [2.45, 2.75) is 25.9 Å². The summed E-state index contributed by atoms with van der Waals surface area (Å²) in [7, 11) is 0. The van der Waals surface area contributed by atoms with Crippen LogP contribution in [0, 0.1) is 6.92 Å². The van der Waals surface area contributed by atoms with Crippen molar-refractivity contribution in [2.75, 3.05) is 0 Å². The lowest BCUT2D eigenvalue weighted by molar-refractivity contribution is -0.132. The Morgan fingerprint density at radius 2 is 2.25 bits per heavy atom. The van der Waals surface area contributed by atoms with Crippen LogP contribution in [0.4, 0.5) is 4.79 Å². The Hall–Kier alpha value is -2.64. The van der Waals surface area contributed by atoms with E-state index in [-0.39, 0.29) is 12.4 Å². The molecule has 0 aliphatic carbocycles. The summed E-state index contributed by atoms with van der Waals surface area (Å²) in [5, 5.41) is 6.23. The van der Waals surface area contributed by atoms with Crippen molar-refractivity contribution in [1.82, 2.24) is 20.4 Å². The first-order valence-electron chi connectivity index (χ1n) is 5.98. The minimum atomic E-state index is -1.21. The first kappa shape index (κ1) is 12.4. The zero-order valence-corrected chi connectivity index (χ0v) is 10.9. The summed E-state index contributed by atoms with van der Waals surface area (Å²) in [4.78, 5) is 29.4. The molecule has 8 heteroatoms. The summed E-state index contributed by atoms with van der Waals surface area (Å²) in [6.45, 7) is 3.18. The normalized spacial score (nSPS) is 22.4. The van der Waals surface area contributed by atoms with Crippen LogP contribution in [-0.2, 0) is 16.9 Å². The fourth-order valence-electron chi connectivity index (χ4n) is 2.11. The standard InChI is InChI=1S/C12H12N4O4/c1-7-13-9(20-15-7)6-16-10(17)12(2,14-11(16)18)8-4-3-5-19-8/h3-5H,6H2,1-2H3,(H,14,18)/t12-/m0/s1. The number of nitrogens with zero attached hydrogens (tertiary/aromatic N) is 3. The van der Waals surface area contributed by atoms with Crippen LogP contribution in [0.15, 0.2) is 27.3 Å². The second-order valence-corrected chi connectivity index (χ2v) is 4.66. The quantitative estimate of drug-likeness (QED) is 0.837. The van der Waals surface area contributed by atoms with Gasteiger partial charge < -0.3 is 14.3 Å². The van der Waals surface area contributed by atoms with E-state index in [0.717, 1.165) is 4.90 Å². The Kier molecular flexibility index (Phi) is 2.60. The first-order valence-corrected chi connectivity index (χ1v) is 5.98. The van der Waals surface area contributed by atoms with Crippen molar-refractivity contribution in [3.63, 3.8) is 0 Å². The number of nitrogens with one attached hydrogen (secondary N) is 1. The zero-order valence-electron chi connectivity index (χ0n) is 10.9. The molecule has 3 amide bonds. The molecule has 0 bridgehead atoms. The van der Waals surface area contributed by atoms with Gasteiger partial charge in [0.2, 0.25) is 5.89 Å². The van der Waals surface area contributed by atoms with Gasteiger partial charge in [-0.2, -0.15) is 4.98 Å². The Bertz CT molecular complexity index is 663. The summed E-state index contributed by atoms with van der Waals surface area (Å²) in [5.41, 5.74) is -1.21. The minimum absolute atomic E-state index is 0.0677. The van der Waals surface area contributed by atoms with Crippen LogP contribution in [-0.4, -0.2) is 27.0 Å². The van der Waals surface area contributed by atoms with E-state index in [9.17, 15) is 9.59 Å². The summed E-state index contributed by atoms with van der Waals surface area (Å²) in [6, 6.07) is 2.77. The Morgan fingerprint density at radius 1 is 1.45 bits per heavy atom. The van der Waals surface area contributed by atoms with E-state index in [1.54, 1.807) is 26.0 Å². The second kappa shape index (κ2) is 4.19. The molecule has 0 radical (unpaired) electrons. The van der Waals surface area contributed by atoms with E-state index < -0.39 is 17.5 Å². The monoisotopic (exact) mass is 276 g/mol. The summed E-state index contributed by atoms with van der Waals surface area (Å²) >= 11 is 0. The lowest BCUT2D eigenvalue weighted by Crippen LogP contribution is -2.40. The van der Waals surface area contributed by atoms with Crippen molar-refractivity contribution in [3.05, 3.63) is 35.9 Å².